The number of para-hydroxylation sites is 1. The molecule has 0 amide bonds. The van der Waals surface area contributed by atoms with E-state index in [1.54, 1.807) is 31.4 Å². The lowest BCUT2D eigenvalue weighted by atomic mass is 10.1. The van der Waals surface area contributed by atoms with Gasteiger partial charge in [0.15, 0.2) is 0 Å². The Morgan fingerprint density at radius 3 is 2.68 bits per heavy atom. The van der Waals surface area contributed by atoms with Crippen LogP contribution in [0.3, 0.4) is 0 Å². The standard InChI is InChI=1S/C14H12BrFN2O/c1-19-13-5-3-2-4-10(13)14(17)18-9-6-7-12(16)11(15)8-9/h2-8H,1H3,(H2,17,18). The molecule has 0 aromatic heterocycles. The zero-order valence-corrected chi connectivity index (χ0v) is 11.8. The second kappa shape index (κ2) is 5.84. The van der Waals surface area contributed by atoms with Gasteiger partial charge in [0.1, 0.15) is 17.4 Å². The molecule has 0 spiro atoms. The van der Waals surface area contributed by atoms with Crippen molar-refractivity contribution >= 4 is 27.5 Å². The smallest absolute Gasteiger partial charge is 0.137 e. The summed E-state index contributed by atoms with van der Waals surface area (Å²) < 4.78 is 18.7. The molecule has 0 bridgehead atoms. The van der Waals surface area contributed by atoms with Crippen molar-refractivity contribution in [1.29, 1.82) is 5.41 Å². The lowest BCUT2D eigenvalue weighted by Crippen LogP contribution is -2.13. The van der Waals surface area contributed by atoms with Crippen LogP contribution >= 0.6 is 15.9 Å². The minimum Gasteiger partial charge on any atom is -0.496 e. The van der Waals surface area contributed by atoms with E-state index in [9.17, 15) is 4.39 Å². The number of halogens is 2. The lowest BCUT2D eigenvalue weighted by Gasteiger charge is -2.12. The first-order valence-corrected chi connectivity index (χ1v) is 6.35. The summed E-state index contributed by atoms with van der Waals surface area (Å²) in [4.78, 5) is 0. The second-order valence-electron chi connectivity index (χ2n) is 3.83. The molecule has 5 heteroatoms. The number of hydrogen-bond donors (Lipinski definition) is 2. The fraction of sp³-hybridized carbons (Fsp3) is 0.0714. The van der Waals surface area contributed by atoms with E-state index >= 15 is 0 Å². The van der Waals surface area contributed by atoms with Gasteiger partial charge in [0.05, 0.1) is 17.1 Å². The molecule has 0 aliphatic heterocycles. The summed E-state index contributed by atoms with van der Waals surface area (Å²) in [5.41, 5.74) is 1.27. The second-order valence-corrected chi connectivity index (χ2v) is 4.68. The predicted octanol–water partition coefficient (Wildman–Crippen LogP) is 4.03. The number of nitrogens with one attached hydrogen (secondary N) is 2. The maximum Gasteiger partial charge on any atom is 0.137 e. The van der Waals surface area contributed by atoms with Crippen molar-refractivity contribution in [2.45, 2.75) is 0 Å². The highest BCUT2D eigenvalue weighted by Gasteiger charge is 2.08. The first kappa shape index (κ1) is 13.5. The summed E-state index contributed by atoms with van der Waals surface area (Å²) in [5, 5.41) is 10.9. The van der Waals surface area contributed by atoms with Crippen LogP contribution in [0.1, 0.15) is 5.56 Å². The number of hydrogen-bond acceptors (Lipinski definition) is 2. The van der Waals surface area contributed by atoms with Crippen molar-refractivity contribution in [2.24, 2.45) is 0 Å². The van der Waals surface area contributed by atoms with E-state index in [4.69, 9.17) is 10.1 Å². The Balaban J connectivity index is 2.23. The molecule has 2 N–H and O–H groups in total. The van der Waals surface area contributed by atoms with Gasteiger partial charge in [-0.05, 0) is 46.3 Å². The van der Waals surface area contributed by atoms with E-state index < -0.39 is 0 Å². The zero-order chi connectivity index (χ0) is 13.8. The van der Waals surface area contributed by atoms with Crippen LogP contribution in [0.15, 0.2) is 46.9 Å². The van der Waals surface area contributed by atoms with Gasteiger partial charge in [0.25, 0.3) is 0 Å². The fourth-order valence-corrected chi connectivity index (χ4v) is 2.02. The van der Waals surface area contributed by atoms with E-state index in [-0.39, 0.29) is 11.7 Å². The molecule has 19 heavy (non-hydrogen) atoms. The largest absolute Gasteiger partial charge is 0.496 e. The maximum atomic E-state index is 13.1. The molecule has 98 valence electrons. The Hall–Kier alpha value is -1.88. The van der Waals surface area contributed by atoms with Gasteiger partial charge in [-0.2, -0.15) is 0 Å². The number of anilines is 1. The van der Waals surface area contributed by atoms with Gasteiger partial charge in [-0.1, -0.05) is 12.1 Å². The first-order valence-electron chi connectivity index (χ1n) is 5.56. The van der Waals surface area contributed by atoms with Crippen molar-refractivity contribution in [3.05, 3.63) is 58.3 Å². The van der Waals surface area contributed by atoms with E-state index in [0.717, 1.165) is 0 Å². The monoisotopic (exact) mass is 322 g/mol. The molecule has 0 saturated carbocycles. The van der Waals surface area contributed by atoms with Gasteiger partial charge in [-0.3, -0.25) is 5.41 Å². The Morgan fingerprint density at radius 2 is 2.00 bits per heavy atom. The number of benzene rings is 2. The van der Waals surface area contributed by atoms with Gasteiger partial charge in [-0.25, -0.2) is 4.39 Å². The molecule has 0 fully saturated rings. The van der Waals surface area contributed by atoms with Gasteiger partial charge in [0, 0.05) is 5.69 Å². The van der Waals surface area contributed by atoms with Crippen LogP contribution in [0.25, 0.3) is 0 Å². The summed E-state index contributed by atoms with van der Waals surface area (Å²) >= 11 is 3.11. The number of rotatable bonds is 3. The van der Waals surface area contributed by atoms with Crippen molar-refractivity contribution < 1.29 is 9.13 Å². The van der Waals surface area contributed by atoms with Crippen molar-refractivity contribution in [3.63, 3.8) is 0 Å². The average molecular weight is 323 g/mol. The number of amidine groups is 1. The van der Waals surface area contributed by atoms with Crippen LogP contribution in [0.2, 0.25) is 0 Å². The maximum absolute atomic E-state index is 13.1. The summed E-state index contributed by atoms with van der Waals surface area (Å²) in [6, 6.07) is 11.7. The Kier molecular flexibility index (Phi) is 4.16. The van der Waals surface area contributed by atoms with Gasteiger partial charge >= 0.3 is 0 Å². The van der Waals surface area contributed by atoms with Crippen LogP contribution in [0.5, 0.6) is 5.75 Å². The quantitative estimate of drug-likeness (QED) is 0.661. The third-order valence-electron chi connectivity index (χ3n) is 2.57. The van der Waals surface area contributed by atoms with E-state index in [2.05, 4.69) is 21.2 Å². The van der Waals surface area contributed by atoms with Gasteiger partial charge in [0.2, 0.25) is 0 Å². The summed E-state index contributed by atoms with van der Waals surface area (Å²) in [7, 11) is 1.56. The Bertz CT molecular complexity index is 616. The zero-order valence-electron chi connectivity index (χ0n) is 10.2. The van der Waals surface area contributed by atoms with Crippen molar-refractivity contribution in [3.8, 4) is 5.75 Å². The van der Waals surface area contributed by atoms with Crippen molar-refractivity contribution in [2.75, 3.05) is 12.4 Å². The summed E-state index contributed by atoms with van der Waals surface area (Å²) in [6.45, 7) is 0. The van der Waals surface area contributed by atoms with Gasteiger partial charge in [-0.15, -0.1) is 0 Å². The SMILES string of the molecule is COc1ccccc1C(=N)Nc1ccc(F)c(Br)c1. The molecule has 0 saturated heterocycles. The molecular weight excluding hydrogens is 311 g/mol. The number of ether oxygens (including phenoxy) is 1. The van der Waals surface area contributed by atoms with Crippen LogP contribution in [0.4, 0.5) is 10.1 Å². The van der Waals surface area contributed by atoms with Gasteiger partial charge < -0.3 is 10.1 Å². The third kappa shape index (κ3) is 3.12. The average Bonchev–Trinajstić information content (AvgIpc) is 2.43. The third-order valence-corrected chi connectivity index (χ3v) is 3.17. The normalized spacial score (nSPS) is 10.1. The molecule has 3 nitrogen and oxygen atoms in total. The highest BCUT2D eigenvalue weighted by molar-refractivity contribution is 9.10. The molecular formula is C14H12BrFN2O. The molecule has 0 unspecified atom stereocenters. The molecule has 0 heterocycles. The topological polar surface area (TPSA) is 45.1 Å². The van der Waals surface area contributed by atoms with Crippen LogP contribution in [-0.4, -0.2) is 12.9 Å². The van der Waals surface area contributed by atoms with Crippen LogP contribution < -0.4 is 10.1 Å². The van der Waals surface area contributed by atoms with Crippen LogP contribution in [-0.2, 0) is 0 Å². The first-order chi connectivity index (χ1) is 9.11. The highest BCUT2D eigenvalue weighted by Crippen LogP contribution is 2.22. The molecule has 0 aliphatic carbocycles. The molecule has 0 radical (unpaired) electrons. The summed E-state index contributed by atoms with van der Waals surface area (Å²) in [6.07, 6.45) is 0. The molecule has 2 rings (SSSR count). The predicted molar refractivity (Wildman–Crippen MR) is 77.5 cm³/mol. The minimum atomic E-state index is -0.339. The van der Waals surface area contributed by atoms with Crippen LogP contribution in [0, 0.1) is 11.2 Å². The minimum absolute atomic E-state index is 0.191. The lowest BCUT2D eigenvalue weighted by molar-refractivity contribution is 0.414. The van der Waals surface area contributed by atoms with E-state index in [0.29, 0.717) is 21.5 Å². The fourth-order valence-electron chi connectivity index (χ4n) is 1.64. The number of methoxy groups -OCH3 is 1. The molecule has 2 aromatic rings. The summed E-state index contributed by atoms with van der Waals surface area (Å²) in [5.74, 6) is 0.464. The molecule has 0 atom stereocenters. The molecule has 0 aliphatic rings. The van der Waals surface area contributed by atoms with E-state index in [1.807, 2.05) is 12.1 Å². The van der Waals surface area contributed by atoms with E-state index in [1.165, 1.54) is 6.07 Å². The Labute approximate surface area is 119 Å². The van der Waals surface area contributed by atoms with Crippen molar-refractivity contribution in [1.82, 2.24) is 0 Å². The highest BCUT2D eigenvalue weighted by atomic mass is 79.9. The Morgan fingerprint density at radius 1 is 1.26 bits per heavy atom. The molecule has 2 aromatic carbocycles.